The van der Waals surface area contributed by atoms with Gasteiger partial charge < -0.3 is 15.4 Å². The van der Waals surface area contributed by atoms with Crippen molar-refractivity contribution in [2.45, 2.75) is 51.9 Å². The number of piperidine rings is 1. The molecule has 0 saturated carbocycles. The average molecular weight is 270 g/mol. The lowest BCUT2D eigenvalue weighted by molar-refractivity contribution is -0.143. The Morgan fingerprint density at radius 2 is 2.21 bits per heavy atom. The van der Waals surface area contributed by atoms with Gasteiger partial charge in [-0.25, -0.2) is 0 Å². The first kappa shape index (κ1) is 16.4. The third-order valence-electron chi connectivity index (χ3n) is 3.84. The van der Waals surface area contributed by atoms with Gasteiger partial charge >= 0.3 is 5.97 Å². The third kappa shape index (κ3) is 7.53. The van der Waals surface area contributed by atoms with E-state index in [9.17, 15) is 4.79 Å². The second kappa shape index (κ2) is 10.2. The van der Waals surface area contributed by atoms with Gasteiger partial charge in [-0.05, 0) is 64.6 Å². The van der Waals surface area contributed by atoms with Crippen molar-refractivity contribution in [1.82, 2.24) is 4.90 Å². The molecule has 1 unspecified atom stereocenters. The molecule has 0 amide bonds. The van der Waals surface area contributed by atoms with Gasteiger partial charge in [0.05, 0.1) is 6.61 Å². The molecule has 1 fully saturated rings. The molecule has 1 atom stereocenters. The Kier molecular flexibility index (Phi) is 8.84. The minimum absolute atomic E-state index is 0.0523. The van der Waals surface area contributed by atoms with Crippen LogP contribution in [0.4, 0.5) is 0 Å². The third-order valence-corrected chi connectivity index (χ3v) is 3.84. The SMILES string of the molecule is CCOC(=O)CCCCCN1CCCC(CCN)C1. The average Bonchev–Trinajstić information content (AvgIpc) is 2.39. The monoisotopic (exact) mass is 270 g/mol. The van der Waals surface area contributed by atoms with Gasteiger partial charge in [0.25, 0.3) is 0 Å². The Hall–Kier alpha value is -0.610. The fraction of sp³-hybridized carbons (Fsp3) is 0.933. The van der Waals surface area contributed by atoms with E-state index < -0.39 is 0 Å². The Morgan fingerprint density at radius 1 is 1.37 bits per heavy atom. The van der Waals surface area contributed by atoms with Crippen LogP contribution in [0.1, 0.15) is 51.9 Å². The zero-order chi connectivity index (χ0) is 13.9. The number of hydrogen-bond donors (Lipinski definition) is 1. The largest absolute Gasteiger partial charge is 0.466 e. The Labute approximate surface area is 117 Å². The maximum absolute atomic E-state index is 11.2. The molecule has 1 aliphatic rings. The van der Waals surface area contributed by atoms with Crippen LogP contribution in [0.3, 0.4) is 0 Å². The topological polar surface area (TPSA) is 55.6 Å². The summed E-state index contributed by atoms with van der Waals surface area (Å²) >= 11 is 0. The van der Waals surface area contributed by atoms with E-state index in [-0.39, 0.29) is 5.97 Å². The van der Waals surface area contributed by atoms with Crippen molar-refractivity contribution < 1.29 is 9.53 Å². The number of carbonyl (C=O) groups excluding carboxylic acids is 1. The zero-order valence-electron chi connectivity index (χ0n) is 12.4. The maximum atomic E-state index is 11.2. The highest BCUT2D eigenvalue weighted by atomic mass is 16.5. The molecule has 0 aromatic carbocycles. The van der Waals surface area contributed by atoms with Crippen LogP contribution >= 0.6 is 0 Å². The summed E-state index contributed by atoms with van der Waals surface area (Å²) in [6.07, 6.45) is 7.66. The van der Waals surface area contributed by atoms with E-state index in [4.69, 9.17) is 10.5 Å². The van der Waals surface area contributed by atoms with Crippen LogP contribution in [-0.4, -0.2) is 43.7 Å². The summed E-state index contributed by atoms with van der Waals surface area (Å²) in [6.45, 7) is 6.79. The summed E-state index contributed by atoms with van der Waals surface area (Å²) < 4.78 is 4.92. The van der Waals surface area contributed by atoms with Crippen molar-refractivity contribution in [2.24, 2.45) is 11.7 Å². The molecular formula is C15H30N2O2. The van der Waals surface area contributed by atoms with E-state index in [0.717, 1.165) is 25.3 Å². The number of likely N-dealkylation sites (tertiary alicyclic amines) is 1. The predicted octanol–water partition coefficient (Wildman–Crippen LogP) is 2.17. The first-order chi connectivity index (χ1) is 9.26. The van der Waals surface area contributed by atoms with Crippen LogP contribution in [0.25, 0.3) is 0 Å². The van der Waals surface area contributed by atoms with Gasteiger partial charge in [0, 0.05) is 13.0 Å². The maximum Gasteiger partial charge on any atom is 0.305 e. The van der Waals surface area contributed by atoms with Crippen LogP contribution < -0.4 is 5.73 Å². The minimum atomic E-state index is -0.0523. The summed E-state index contributed by atoms with van der Waals surface area (Å²) in [5, 5.41) is 0. The lowest BCUT2D eigenvalue weighted by Crippen LogP contribution is -2.36. The van der Waals surface area contributed by atoms with Crippen molar-refractivity contribution in [3.63, 3.8) is 0 Å². The first-order valence-electron chi connectivity index (χ1n) is 7.84. The fourth-order valence-electron chi connectivity index (χ4n) is 2.84. The normalized spacial score (nSPS) is 20.4. The standard InChI is InChI=1S/C15H30N2O2/c1-2-19-15(18)8-4-3-5-11-17-12-6-7-14(13-17)9-10-16/h14H,2-13,16H2,1H3. The van der Waals surface area contributed by atoms with Gasteiger partial charge in [0.1, 0.15) is 0 Å². The van der Waals surface area contributed by atoms with Crippen molar-refractivity contribution >= 4 is 5.97 Å². The molecule has 112 valence electrons. The van der Waals surface area contributed by atoms with E-state index in [2.05, 4.69) is 4.90 Å². The fourth-order valence-corrected chi connectivity index (χ4v) is 2.84. The zero-order valence-corrected chi connectivity index (χ0v) is 12.4. The van der Waals surface area contributed by atoms with E-state index in [1.54, 1.807) is 0 Å². The van der Waals surface area contributed by atoms with E-state index in [1.165, 1.54) is 45.3 Å². The molecule has 0 bridgehead atoms. The Balaban J connectivity index is 2.01. The molecule has 0 radical (unpaired) electrons. The van der Waals surface area contributed by atoms with E-state index >= 15 is 0 Å². The van der Waals surface area contributed by atoms with Crippen LogP contribution in [0.2, 0.25) is 0 Å². The van der Waals surface area contributed by atoms with Crippen molar-refractivity contribution in [3.05, 3.63) is 0 Å². The molecule has 0 aromatic heterocycles. The molecule has 19 heavy (non-hydrogen) atoms. The Bertz CT molecular complexity index is 244. The molecule has 4 nitrogen and oxygen atoms in total. The number of ether oxygens (including phenoxy) is 1. The molecular weight excluding hydrogens is 240 g/mol. The number of hydrogen-bond acceptors (Lipinski definition) is 4. The van der Waals surface area contributed by atoms with Gasteiger partial charge in [-0.2, -0.15) is 0 Å². The molecule has 1 aliphatic heterocycles. The molecule has 4 heteroatoms. The van der Waals surface area contributed by atoms with E-state index in [0.29, 0.717) is 13.0 Å². The lowest BCUT2D eigenvalue weighted by atomic mass is 9.94. The quantitative estimate of drug-likeness (QED) is 0.515. The molecule has 1 heterocycles. The van der Waals surface area contributed by atoms with Crippen molar-refractivity contribution in [1.29, 1.82) is 0 Å². The minimum Gasteiger partial charge on any atom is -0.466 e. The summed E-state index contributed by atoms with van der Waals surface area (Å²) in [5.74, 6) is 0.752. The van der Waals surface area contributed by atoms with Gasteiger partial charge in [-0.1, -0.05) is 6.42 Å². The Morgan fingerprint density at radius 3 is 2.95 bits per heavy atom. The van der Waals surface area contributed by atoms with E-state index in [1.807, 2.05) is 6.92 Å². The predicted molar refractivity (Wildman–Crippen MR) is 77.9 cm³/mol. The molecule has 1 saturated heterocycles. The highest BCUT2D eigenvalue weighted by Crippen LogP contribution is 2.19. The number of unbranched alkanes of at least 4 members (excludes halogenated alkanes) is 2. The number of carbonyl (C=O) groups is 1. The molecule has 0 aliphatic carbocycles. The highest BCUT2D eigenvalue weighted by Gasteiger charge is 2.18. The van der Waals surface area contributed by atoms with Gasteiger partial charge in [-0.3, -0.25) is 4.79 Å². The van der Waals surface area contributed by atoms with Crippen molar-refractivity contribution in [2.75, 3.05) is 32.8 Å². The number of nitrogens with zero attached hydrogens (tertiary/aromatic N) is 1. The van der Waals surface area contributed by atoms with Crippen LogP contribution in [0, 0.1) is 5.92 Å². The van der Waals surface area contributed by atoms with Crippen LogP contribution in [0.15, 0.2) is 0 Å². The summed E-state index contributed by atoms with van der Waals surface area (Å²) in [4.78, 5) is 13.7. The molecule has 0 aromatic rings. The molecule has 2 N–H and O–H groups in total. The first-order valence-corrected chi connectivity index (χ1v) is 7.84. The van der Waals surface area contributed by atoms with Gasteiger partial charge in [-0.15, -0.1) is 0 Å². The molecule has 0 spiro atoms. The highest BCUT2D eigenvalue weighted by molar-refractivity contribution is 5.69. The summed E-state index contributed by atoms with van der Waals surface area (Å²) in [6, 6.07) is 0. The summed E-state index contributed by atoms with van der Waals surface area (Å²) in [5.41, 5.74) is 5.64. The van der Waals surface area contributed by atoms with Crippen LogP contribution in [-0.2, 0) is 9.53 Å². The van der Waals surface area contributed by atoms with Crippen LogP contribution in [0.5, 0.6) is 0 Å². The second-order valence-electron chi connectivity index (χ2n) is 5.50. The van der Waals surface area contributed by atoms with Crippen molar-refractivity contribution in [3.8, 4) is 0 Å². The lowest BCUT2D eigenvalue weighted by Gasteiger charge is -2.32. The smallest absolute Gasteiger partial charge is 0.305 e. The number of rotatable bonds is 9. The summed E-state index contributed by atoms with van der Waals surface area (Å²) in [7, 11) is 0. The number of nitrogens with two attached hydrogens (primary N) is 1. The number of esters is 1. The van der Waals surface area contributed by atoms with Gasteiger partial charge in [0.15, 0.2) is 0 Å². The van der Waals surface area contributed by atoms with Gasteiger partial charge in [0.2, 0.25) is 0 Å². The second-order valence-corrected chi connectivity index (χ2v) is 5.50. The molecule has 1 rings (SSSR count).